The Hall–Kier alpha value is -1.26. The Bertz CT molecular complexity index is 423. The summed E-state index contributed by atoms with van der Waals surface area (Å²) in [6, 6.07) is 4.74. The number of hydrogen-bond donors (Lipinski definition) is 3. The van der Waals surface area contributed by atoms with Gasteiger partial charge in [0, 0.05) is 5.56 Å². The van der Waals surface area contributed by atoms with E-state index in [-0.39, 0.29) is 12.5 Å². The van der Waals surface area contributed by atoms with Gasteiger partial charge in [0.1, 0.15) is 0 Å². The van der Waals surface area contributed by atoms with Crippen molar-refractivity contribution in [2.45, 2.75) is 32.2 Å². The minimum atomic E-state index is -0.578. The summed E-state index contributed by atoms with van der Waals surface area (Å²) in [4.78, 5) is 12.1. The second-order valence-electron chi connectivity index (χ2n) is 4.34. The topological polar surface area (TPSA) is 75.3 Å². The number of nitrogens with one attached hydrogen (secondary N) is 1. The highest BCUT2D eigenvalue weighted by Crippen LogP contribution is 2.21. The molecule has 0 bridgehead atoms. The van der Waals surface area contributed by atoms with E-state index in [2.05, 4.69) is 5.32 Å². The molecule has 18 heavy (non-hydrogen) atoms. The van der Waals surface area contributed by atoms with Crippen LogP contribution in [0.5, 0.6) is 0 Å². The van der Waals surface area contributed by atoms with E-state index in [9.17, 15) is 9.90 Å². The number of anilines is 1. The highest BCUT2D eigenvalue weighted by atomic mass is 35.5. The smallest absolute Gasteiger partial charge is 0.251 e. The molecule has 0 fully saturated rings. The molecular formula is C13H19ClN2O2. The quantitative estimate of drug-likeness (QED) is 0.718. The zero-order valence-corrected chi connectivity index (χ0v) is 11.4. The number of aliphatic hydroxyl groups excluding tert-OH is 1. The maximum Gasteiger partial charge on any atom is 0.251 e. The summed E-state index contributed by atoms with van der Waals surface area (Å²) in [6.45, 7) is 3.76. The minimum absolute atomic E-state index is 0.0888. The third kappa shape index (κ3) is 3.15. The first kappa shape index (κ1) is 14.8. The van der Waals surface area contributed by atoms with E-state index in [1.807, 2.05) is 13.8 Å². The van der Waals surface area contributed by atoms with Gasteiger partial charge in [-0.15, -0.1) is 0 Å². The number of rotatable bonds is 5. The van der Waals surface area contributed by atoms with E-state index in [4.69, 9.17) is 17.3 Å². The molecule has 0 radical (unpaired) electrons. The number of carbonyl (C=O) groups is 1. The van der Waals surface area contributed by atoms with Crippen molar-refractivity contribution in [3.05, 3.63) is 28.8 Å². The van der Waals surface area contributed by atoms with Crippen LogP contribution in [0.2, 0.25) is 5.02 Å². The fraction of sp³-hybridized carbons (Fsp3) is 0.462. The number of hydrogen-bond acceptors (Lipinski definition) is 3. The number of nitrogen functional groups attached to an aromatic ring is 1. The van der Waals surface area contributed by atoms with E-state index in [0.717, 1.165) is 0 Å². The Morgan fingerprint density at radius 3 is 2.50 bits per heavy atom. The standard InChI is InChI=1S/C13H19ClN2O2/c1-3-13(4-2,8-17)16-12(18)9-5-6-11(15)10(14)7-9/h5-7,17H,3-4,8,15H2,1-2H3,(H,16,18). The molecule has 100 valence electrons. The molecule has 0 aliphatic rings. The molecule has 4 N–H and O–H groups in total. The monoisotopic (exact) mass is 270 g/mol. The van der Waals surface area contributed by atoms with Crippen LogP contribution in [0.25, 0.3) is 0 Å². The number of nitrogens with two attached hydrogens (primary N) is 1. The molecule has 1 aromatic rings. The maximum absolute atomic E-state index is 12.1. The SMILES string of the molecule is CCC(CC)(CO)NC(=O)c1ccc(N)c(Cl)c1. The van der Waals surface area contributed by atoms with Crippen molar-refractivity contribution in [3.8, 4) is 0 Å². The highest BCUT2D eigenvalue weighted by molar-refractivity contribution is 6.33. The van der Waals surface area contributed by atoms with E-state index in [1.54, 1.807) is 12.1 Å². The van der Waals surface area contributed by atoms with Crippen molar-refractivity contribution in [1.29, 1.82) is 0 Å². The van der Waals surface area contributed by atoms with Crippen LogP contribution in [0.3, 0.4) is 0 Å². The maximum atomic E-state index is 12.1. The van der Waals surface area contributed by atoms with Gasteiger partial charge in [-0.2, -0.15) is 0 Å². The third-order valence-electron chi connectivity index (χ3n) is 3.30. The summed E-state index contributed by atoms with van der Waals surface area (Å²) in [5.41, 5.74) is 5.89. The van der Waals surface area contributed by atoms with Crippen LogP contribution in [0, 0.1) is 0 Å². The van der Waals surface area contributed by atoms with Gasteiger partial charge in [-0.3, -0.25) is 4.79 Å². The van der Waals surface area contributed by atoms with Gasteiger partial charge >= 0.3 is 0 Å². The van der Waals surface area contributed by atoms with Gasteiger partial charge in [0.25, 0.3) is 5.91 Å². The Morgan fingerprint density at radius 2 is 2.06 bits per heavy atom. The molecule has 0 heterocycles. The molecular weight excluding hydrogens is 252 g/mol. The lowest BCUT2D eigenvalue weighted by Crippen LogP contribution is -2.50. The molecule has 5 heteroatoms. The first-order valence-electron chi connectivity index (χ1n) is 5.96. The highest BCUT2D eigenvalue weighted by Gasteiger charge is 2.27. The van der Waals surface area contributed by atoms with Crippen LogP contribution >= 0.6 is 11.6 Å². The molecule has 0 aliphatic carbocycles. The molecule has 0 spiro atoms. The first-order valence-corrected chi connectivity index (χ1v) is 6.34. The van der Waals surface area contributed by atoms with Gasteiger partial charge in [-0.25, -0.2) is 0 Å². The summed E-state index contributed by atoms with van der Waals surface area (Å²) in [5.74, 6) is -0.255. The number of benzene rings is 1. The molecule has 0 saturated heterocycles. The van der Waals surface area contributed by atoms with Gasteiger partial charge in [0.05, 0.1) is 22.9 Å². The van der Waals surface area contributed by atoms with Gasteiger partial charge in [-0.05, 0) is 31.0 Å². The van der Waals surface area contributed by atoms with Gasteiger partial charge < -0.3 is 16.2 Å². The number of carbonyl (C=O) groups excluding carboxylic acids is 1. The molecule has 1 aromatic carbocycles. The number of halogens is 1. The summed E-state index contributed by atoms with van der Waals surface area (Å²) in [5, 5.41) is 12.6. The summed E-state index contributed by atoms with van der Waals surface area (Å²) in [6.07, 6.45) is 1.32. The van der Waals surface area contributed by atoms with Crippen molar-refractivity contribution >= 4 is 23.2 Å². The largest absolute Gasteiger partial charge is 0.398 e. The summed E-state index contributed by atoms with van der Waals surface area (Å²) in [7, 11) is 0. The molecule has 0 saturated carbocycles. The van der Waals surface area contributed by atoms with Crippen LogP contribution in [0.15, 0.2) is 18.2 Å². The van der Waals surface area contributed by atoms with Crippen molar-refractivity contribution in [1.82, 2.24) is 5.32 Å². The van der Waals surface area contributed by atoms with E-state index in [0.29, 0.717) is 29.1 Å². The van der Waals surface area contributed by atoms with E-state index < -0.39 is 5.54 Å². The van der Waals surface area contributed by atoms with E-state index in [1.165, 1.54) is 6.07 Å². The second-order valence-corrected chi connectivity index (χ2v) is 4.74. The lowest BCUT2D eigenvalue weighted by Gasteiger charge is -2.30. The van der Waals surface area contributed by atoms with Crippen LogP contribution in [0.4, 0.5) is 5.69 Å². The van der Waals surface area contributed by atoms with Crippen LogP contribution in [0.1, 0.15) is 37.0 Å². The predicted molar refractivity (Wildman–Crippen MR) is 73.7 cm³/mol. The third-order valence-corrected chi connectivity index (χ3v) is 3.62. The molecule has 0 atom stereocenters. The average Bonchev–Trinajstić information content (AvgIpc) is 2.39. The predicted octanol–water partition coefficient (Wildman–Crippen LogP) is 2.20. The first-order chi connectivity index (χ1) is 8.48. The zero-order chi connectivity index (χ0) is 13.8. The van der Waals surface area contributed by atoms with Gasteiger partial charge in [0.2, 0.25) is 0 Å². The van der Waals surface area contributed by atoms with E-state index >= 15 is 0 Å². The molecule has 0 aromatic heterocycles. The zero-order valence-electron chi connectivity index (χ0n) is 10.7. The minimum Gasteiger partial charge on any atom is -0.398 e. The number of amides is 1. The average molecular weight is 271 g/mol. The molecule has 4 nitrogen and oxygen atoms in total. The van der Waals surface area contributed by atoms with Crippen molar-refractivity contribution in [2.75, 3.05) is 12.3 Å². The molecule has 1 rings (SSSR count). The molecule has 0 aliphatic heterocycles. The second kappa shape index (κ2) is 6.07. The Balaban J connectivity index is 2.90. The summed E-state index contributed by atoms with van der Waals surface area (Å²) >= 11 is 5.88. The van der Waals surface area contributed by atoms with Crippen molar-refractivity contribution in [2.24, 2.45) is 0 Å². The fourth-order valence-electron chi connectivity index (χ4n) is 1.67. The number of aliphatic hydroxyl groups is 1. The lowest BCUT2D eigenvalue weighted by molar-refractivity contribution is 0.0818. The molecule has 0 unspecified atom stereocenters. The van der Waals surface area contributed by atoms with Crippen molar-refractivity contribution < 1.29 is 9.90 Å². The van der Waals surface area contributed by atoms with Gasteiger partial charge in [0.15, 0.2) is 0 Å². The van der Waals surface area contributed by atoms with Gasteiger partial charge in [-0.1, -0.05) is 25.4 Å². The Labute approximate surface area is 112 Å². The van der Waals surface area contributed by atoms with Crippen LogP contribution in [-0.4, -0.2) is 23.2 Å². The Kier molecular flexibility index (Phi) is 4.99. The van der Waals surface area contributed by atoms with Crippen LogP contribution in [-0.2, 0) is 0 Å². The normalized spacial score (nSPS) is 11.3. The van der Waals surface area contributed by atoms with Crippen molar-refractivity contribution in [3.63, 3.8) is 0 Å². The fourth-order valence-corrected chi connectivity index (χ4v) is 1.85. The summed E-state index contributed by atoms with van der Waals surface area (Å²) < 4.78 is 0. The van der Waals surface area contributed by atoms with Crippen LogP contribution < -0.4 is 11.1 Å². The molecule has 1 amide bonds. The lowest BCUT2D eigenvalue weighted by atomic mass is 9.93. The Morgan fingerprint density at radius 1 is 1.44 bits per heavy atom.